The number of carbonyl (C=O) groups is 3. The van der Waals surface area contributed by atoms with Crippen molar-refractivity contribution < 1.29 is 19.1 Å². The summed E-state index contributed by atoms with van der Waals surface area (Å²) in [7, 11) is 1.32. The van der Waals surface area contributed by atoms with Gasteiger partial charge in [-0.05, 0) is 56.2 Å². The van der Waals surface area contributed by atoms with E-state index in [1.54, 1.807) is 29.2 Å². The maximum Gasteiger partial charge on any atom is 0.337 e. The molecule has 1 saturated heterocycles. The fourth-order valence-corrected chi connectivity index (χ4v) is 3.75. The number of benzene rings is 2. The Balaban J connectivity index is 1.71. The number of rotatable bonds is 4. The van der Waals surface area contributed by atoms with Crippen LogP contribution in [0, 0.1) is 26.7 Å². The van der Waals surface area contributed by atoms with E-state index in [-0.39, 0.29) is 18.2 Å². The highest BCUT2D eigenvalue weighted by Crippen LogP contribution is 2.32. The minimum atomic E-state index is -0.432. The Morgan fingerprint density at radius 2 is 1.68 bits per heavy atom. The van der Waals surface area contributed by atoms with Gasteiger partial charge in [0.25, 0.3) is 0 Å². The summed E-state index contributed by atoms with van der Waals surface area (Å²) in [4.78, 5) is 38.4. The third-order valence-electron chi connectivity index (χ3n) is 4.97. The molecule has 1 aliphatic heterocycles. The second-order valence-electron chi connectivity index (χ2n) is 7.21. The molecule has 6 nitrogen and oxygen atoms in total. The van der Waals surface area contributed by atoms with E-state index in [4.69, 9.17) is 0 Å². The average Bonchev–Trinajstić information content (AvgIpc) is 3.02. The first-order chi connectivity index (χ1) is 13.3. The second-order valence-corrected chi connectivity index (χ2v) is 7.21. The second kappa shape index (κ2) is 7.84. The van der Waals surface area contributed by atoms with Gasteiger partial charge in [-0.3, -0.25) is 9.59 Å². The van der Waals surface area contributed by atoms with Gasteiger partial charge in [0, 0.05) is 24.3 Å². The van der Waals surface area contributed by atoms with Crippen LogP contribution in [0.25, 0.3) is 0 Å². The molecule has 1 aliphatic rings. The number of hydrogen-bond donors (Lipinski definition) is 1. The number of nitrogens with zero attached hydrogens (tertiary/aromatic N) is 1. The molecule has 6 heteroatoms. The molecule has 1 unspecified atom stereocenters. The van der Waals surface area contributed by atoms with Crippen molar-refractivity contribution >= 4 is 29.2 Å². The van der Waals surface area contributed by atoms with E-state index < -0.39 is 11.9 Å². The molecule has 0 radical (unpaired) electrons. The molecule has 2 aromatic carbocycles. The monoisotopic (exact) mass is 380 g/mol. The van der Waals surface area contributed by atoms with Crippen molar-refractivity contribution in [2.45, 2.75) is 27.2 Å². The highest BCUT2D eigenvalue weighted by Gasteiger charge is 2.36. The average molecular weight is 380 g/mol. The molecule has 3 rings (SSSR count). The zero-order valence-electron chi connectivity index (χ0n) is 16.5. The number of anilines is 2. The number of esters is 1. The fraction of sp³-hybridized carbons (Fsp3) is 0.318. The largest absolute Gasteiger partial charge is 0.465 e. The molecule has 0 aromatic heterocycles. The van der Waals surface area contributed by atoms with E-state index in [1.807, 2.05) is 32.9 Å². The number of hydrogen-bond acceptors (Lipinski definition) is 4. The molecule has 1 atom stereocenters. The van der Waals surface area contributed by atoms with Gasteiger partial charge in [-0.2, -0.15) is 0 Å². The van der Waals surface area contributed by atoms with E-state index in [0.717, 1.165) is 22.4 Å². The maximum atomic E-state index is 12.7. The standard InChI is InChI=1S/C22H24N2O4/c1-13-9-14(2)20(15(3)10-13)24-12-17(11-19(24)25)21(26)23-18-7-5-16(6-8-18)22(27)28-4/h5-10,17H,11-12H2,1-4H3,(H,23,26). The van der Waals surface area contributed by atoms with Crippen molar-refractivity contribution in [1.29, 1.82) is 0 Å². The molecule has 1 N–H and O–H groups in total. The summed E-state index contributed by atoms with van der Waals surface area (Å²) in [6.07, 6.45) is 0.179. The van der Waals surface area contributed by atoms with Crippen LogP contribution in [0.15, 0.2) is 36.4 Å². The van der Waals surface area contributed by atoms with Crippen LogP contribution in [0.1, 0.15) is 33.5 Å². The number of amides is 2. The van der Waals surface area contributed by atoms with E-state index in [9.17, 15) is 14.4 Å². The number of aryl methyl sites for hydroxylation is 3. The minimum Gasteiger partial charge on any atom is -0.465 e. The Morgan fingerprint density at radius 3 is 2.25 bits per heavy atom. The summed E-state index contributed by atoms with van der Waals surface area (Å²) < 4.78 is 4.66. The molecule has 2 aromatic rings. The smallest absolute Gasteiger partial charge is 0.337 e. The van der Waals surface area contributed by atoms with Gasteiger partial charge < -0.3 is 15.0 Å². The molecule has 0 spiro atoms. The SMILES string of the molecule is COC(=O)c1ccc(NC(=O)C2CC(=O)N(c3c(C)cc(C)cc3C)C2)cc1. The van der Waals surface area contributed by atoms with Gasteiger partial charge in [0.05, 0.1) is 18.6 Å². The normalized spacial score (nSPS) is 16.2. The molecule has 1 heterocycles. The number of nitrogens with one attached hydrogen (secondary N) is 1. The molecule has 0 aliphatic carbocycles. The first-order valence-corrected chi connectivity index (χ1v) is 9.17. The van der Waals surface area contributed by atoms with Crippen molar-refractivity contribution in [3.63, 3.8) is 0 Å². The van der Waals surface area contributed by atoms with E-state index >= 15 is 0 Å². The molecule has 146 valence electrons. The zero-order valence-corrected chi connectivity index (χ0v) is 16.5. The van der Waals surface area contributed by atoms with Crippen LogP contribution >= 0.6 is 0 Å². The maximum absolute atomic E-state index is 12.7. The predicted octanol–water partition coefficient (Wildman–Crippen LogP) is 3.39. The highest BCUT2D eigenvalue weighted by atomic mass is 16.5. The number of methoxy groups -OCH3 is 1. The topological polar surface area (TPSA) is 75.7 Å². The molecular weight excluding hydrogens is 356 g/mol. The van der Waals surface area contributed by atoms with Crippen LogP contribution in [0.4, 0.5) is 11.4 Å². The zero-order chi connectivity index (χ0) is 20.4. The lowest BCUT2D eigenvalue weighted by atomic mass is 10.0. The first kappa shape index (κ1) is 19.6. The summed E-state index contributed by atoms with van der Waals surface area (Å²) in [6, 6.07) is 10.6. The Morgan fingerprint density at radius 1 is 1.07 bits per heavy atom. The van der Waals surface area contributed by atoms with Crippen LogP contribution in [0.2, 0.25) is 0 Å². The molecular formula is C22H24N2O4. The number of ether oxygens (including phenoxy) is 1. The minimum absolute atomic E-state index is 0.0451. The van der Waals surface area contributed by atoms with Crippen molar-refractivity contribution in [2.75, 3.05) is 23.9 Å². The lowest BCUT2D eigenvalue weighted by Crippen LogP contribution is -2.29. The summed E-state index contributed by atoms with van der Waals surface area (Å²) in [6.45, 7) is 6.35. The van der Waals surface area contributed by atoms with Crippen molar-refractivity contribution in [3.8, 4) is 0 Å². The Hall–Kier alpha value is -3.15. The molecule has 0 saturated carbocycles. The third-order valence-corrected chi connectivity index (χ3v) is 4.97. The van der Waals surface area contributed by atoms with Gasteiger partial charge >= 0.3 is 5.97 Å². The summed E-state index contributed by atoms with van der Waals surface area (Å²) >= 11 is 0. The highest BCUT2D eigenvalue weighted by molar-refractivity contribution is 6.04. The quantitative estimate of drug-likeness (QED) is 0.825. The lowest BCUT2D eigenvalue weighted by molar-refractivity contribution is -0.122. The van der Waals surface area contributed by atoms with Gasteiger partial charge in [-0.1, -0.05) is 17.7 Å². The molecule has 1 fully saturated rings. The molecule has 2 amide bonds. The van der Waals surface area contributed by atoms with Gasteiger partial charge in [0.1, 0.15) is 0 Å². The van der Waals surface area contributed by atoms with Gasteiger partial charge in [-0.15, -0.1) is 0 Å². The van der Waals surface area contributed by atoms with Gasteiger partial charge in [0.15, 0.2) is 0 Å². The van der Waals surface area contributed by atoms with Crippen LogP contribution < -0.4 is 10.2 Å². The van der Waals surface area contributed by atoms with Crippen LogP contribution in [-0.4, -0.2) is 31.4 Å². The van der Waals surface area contributed by atoms with Crippen molar-refractivity contribution in [1.82, 2.24) is 0 Å². The van der Waals surface area contributed by atoms with Crippen molar-refractivity contribution in [2.24, 2.45) is 5.92 Å². The van der Waals surface area contributed by atoms with E-state index in [1.165, 1.54) is 7.11 Å². The summed E-state index contributed by atoms with van der Waals surface area (Å²) in [5.41, 5.74) is 5.10. The Labute approximate surface area is 164 Å². The van der Waals surface area contributed by atoms with Crippen LogP contribution in [0.5, 0.6) is 0 Å². The van der Waals surface area contributed by atoms with Gasteiger partial charge in [0.2, 0.25) is 11.8 Å². The predicted molar refractivity (Wildman–Crippen MR) is 108 cm³/mol. The summed E-state index contributed by atoms with van der Waals surface area (Å²) in [5.74, 6) is -1.10. The molecule has 0 bridgehead atoms. The first-order valence-electron chi connectivity index (χ1n) is 9.17. The van der Waals surface area contributed by atoms with Crippen molar-refractivity contribution in [3.05, 3.63) is 58.7 Å². The van der Waals surface area contributed by atoms with E-state index in [2.05, 4.69) is 10.1 Å². The lowest BCUT2D eigenvalue weighted by Gasteiger charge is -2.22. The Bertz CT molecular complexity index is 911. The van der Waals surface area contributed by atoms with Crippen LogP contribution in [-0.2, 0) is 14.3 Å². The van der Waals surface area contributed by atoms with Gasteiger partial charge in [-0.25, -0.2) is 4.79 Å². The fourth-order valence-electron chi connectivity index (χ4n) is 3.75. The Kier molecular flexibility index (Phi) is 5.49. The molecule has 28 heavy (non-hydrogen) atoms. The van der Waals surface area contributed by atoms with Crippen LogP contribution in [0.3, 0.4) is 0 Å². The summed E-state index contributed by atoms with van der Waals surface area (Å²) in [5, 5.41) is 2.83. The third kappa shape index (κ3) is 3.91. The number of carbonyl (C=O) groups excluding carboxylic acids is 3. The van der Waals surface area contributed by atoms with E-state index in [0.29, 0.717) is 17.8 Å².